The van der Waals surface area contributed by atoms with Gasteiger partial charge in [0.15, 0.2) is 0 Å². The van der Waals surface area contributed by atoms with Crippen LogP contribution >= 0.6 is 15.9 Å². The summed E-state index contributed by atoms with van der Waals surface area (Å²) in [4.78, 5) is 0. The number of halogens is 1. The Morgan fingerprint density at radius 3 is 2.33 bits per heavy atom. The largest absolute Gasteiger partial charge is 0.355 e. The molecule has 0 amide bonds. The molecule has 0 saturated heterocycles. The molecule has 1 N–H and O–H groups in total. The van der Waals surface area contributed by atoms with Gasteiger partial charge in [-0.2, -0.15) is 5.26 Å². The average molecular weight is 301 g/mol. The molecule has 0 aromatic heterocycles. The Labute approximate surface area is 115 Å². The fourth-order valence-electron chi connectivity index (χ4n) is 1.67. The number of anilines is 2. The van der Waals surface area contributed by atoms with Crippen LogP contribution in [0.25, 0.3) is 0 Å². The Morgan fingerprint density at radius 1 is 1.11 bits per heavy atom. The van der Waals surface area contributed by atoms with E-state index in [2.05, 4.69) is 58.5 Å². The van der Waals surface area contributed by atoms with E-state index >= 15 is 0 Å². The fourth-order valence-corrected chi connectivity index (χ4v) is 2.14. The highest BCUT2D eigenvalue weighted by Gasteiger charge is 2.01. The third-order valence-corrected chi connectivity index (χ3v) is 3.40. The Morgan fingerprint density at radius 2 is 1.78 bits per heavy atom. The molecule has 0 bridgehead atoms. The fraction of sp³-hybridized carbons (Fsp3) is 0.133. The number of hydrogen-bond donors (Lipinski definition) is 1. The van der Waals surface area contributed by atoms with Crippen LogP contribution in [0, 0.1) is 11.3 Å². The summed E-state index contributed by atoms with van der Waals surface area (Å²) in [6.45, 7) is 2.14. The quantitative estimate of drug-likeness (QED) is 0.897. The zero-order chi connectivity index (χ0) is 13.0. The maximum absolute atomic E-state index is 8.86. The van der Waals surface area contributed by atoms with Gasteiger partial charge in [0.2, 0.25) is 0 Å². The topological polar surface area (TPSA) is 35.8 Å². The van der Waals surface area contributed by atoms with Crippen molar-refractivity contribution in [3.8, 4) is 6.07 Å². The van der Waals surface area contributed by atoms with Crippen LogP contribution in [0.1, 0.15) is 18.1 Å². The first-order valence-corrected chi connectivity index (χ1v) is 6.58. The SMILES string of the molecule is CCc1ccc(Nc2ccc(C#N)c(Br)c2)cc1. The van der Waals surface area contributed by atoms with Crippen LogP contribution in [0.2, 0.25) is 0 Å². The number of nitrogens with zero attached hydrogens (tertiary/aromatic N) is 1. The third-order valence-electron chi connectivity index (χ3n) is 2.74. The number of benzene rings is 2. The Bertz CT molecular complexity index is 582. The average Bonchev–Trinajstić information content (AvgIpc) is 2.40. The van der Waals surface area contributed by atoms with E-state index in [9.17, 15) is 0 Å². The molecule has 0 aliphatic carbocycles. The van der Waals surface area contributed by atoms with Gasteiger partial charge in [0.25, 0.3) is 0 Å². The predicted octanol–water partition coefficient (Wildman–Crippen LogP) is 4.63. The second-order valence-corrected chi connectivity index (χ2v) is 4.84. The first-order valence-electron chi connectivity index (χ1n) is 5.78. The van der Waals surface area contributed by atoms with Gasteiger partial charge in [-0.25, -0.2) is 0 Å². The van der Waals surface area contributed by atoms with Crippen molar-refractivity contribution in [2.75, 3.05) is 5.32 Å². The van der Waals surface area contributed by atoms with Crippen molar-refractivity contribution in [3.05, 3.63) is 58.1 Å². The Kier molecular flexibility index (Phi) is 4.01. The number of nitrogens with one attached hydrogen (secondary N) is 1. The molecule has 0 fully saturated rings. The molecule has 0 aliphatic rings. The molecule has 2 aromatic rings. The summed E-state index contributed by atoms with van der Waals surface area (Å²) in [5.74, 6) is 0. The minimum atomic E-state index is 0.641. The minimum absolute atomic E-state index is 0.641. The maximum Gasteiger partial charge on any atom is 0.100 e. The summed E-state index contributed by atoms with van der Waals surface area (Å²) in [6.07, 6.45) is 1.04. The molecular weight excluding hydrogens is 288 g/mol. The molecule has 2 aromatic carbocycles. The van der Waals surface area contributed by atoms with Gasteiger partial charge in [-0.1, -0.05) is 19.1 Å². The highest BCUT2D eigenvalue weighted by molar-refractivity contribution is 9.10. The van der Waals surface area contributed by atoms with E-state index in [-0.39, 0.29) is 0 Å². The lowest BCUT2D eigenvalue weighted by Crippen LogP contribution is -1.91. The highest BCUT2D eigenvalue weighted by Crippen LogP contribution is 2.23. The van der Waals surface area contributed by atoms with Crippen LogP contribution in [-0.4, -0.2) is 0 Å². The van der Waals surface area contributed by atoms with Gasteiger partial charge >= 0.3 is 0 Å². The normalized spacial score (nSPS) is 9.83. The summed E-state index contributed by atoms with van der Waals surface area (Å²) in [5, 5.41) is 12.2. The molecule has 0 heterocycles. The van der Waals surface area contributed by atoms with Crippen LogP contribution in [0.5, 0.6) is 0 Å². The lowest BCUT2D eigenvalue weighted by atomic mass is 10.1. The first-order chi connectivity index (χ1) is 8.72. The van der Waals surface area contributed by atoms with Crippen LogP contribution < -0.4 is 5.32 Å². The van der Waals surface area contributed by atoms with Gasteiger partial charge in [0, 0.05) is 15.8 Å². The summed E-state index contributed by atoms with van der Waals surface area (Å²) < 4.78 is 0.806. The van der Waals surface area contributed by atoms with Crippen LogP contribution in [0.3, 0.4) is 0 Å². The number of hydrogen-bond acceptors (Lipinski definition) is 2. The molecule has 0 spiro atoms. The van der Waals surface area contributed by atoms with E-state index < -0.39 is 0 Å². The van der Waals surface area contributed by atoms with Crippen molar-refractivity contribution in [2.24, 2.45) is 0 Å². The summed E-state index contributed by atoms with van der Waals surface area (Å²) in [6, 6.07) is 16.1. The zero-order valence-corrected chi connectivity index (χ0v) is 11.7. The molecule has 0 unspecified atom stereocenters. The molecular formula is C15H13BrN2. The number of rotatable bonds is 3. The molecule has 2 nitrogen and oxygen atoms in total. The molecule has 0 aliphatic heterocycles. The third kappa shape index (κ3) is 2.91. The van der Waals surface area contributed by atoms with E-state index in [1.807, 2.05) is 12.1 Å². The van der Waals surface area contributed by atoms with Crippen molar-refractivity contribution in [2.45, 2.75) is 13.3 Å². The second-order valence-electron chi connectivity index (χ2n) is 3.98. The summed E-state index contributed by atoms with van der Waals surface area (Å²) in [5.41, 5.74) is 3.97. The van der Waals surface area contributed by atoms with E-state index in [1.165, 1.54) is 5.56 Å². The monoisotopic (exact) mass is 300 g/mol. The van der Waals surface area contributed by atoms with Gasteiger partial charge < -0.3 is 5.32 Å². The summed E-state index contributed by atoms with van der Waals surface area (Å²) in [7, 11) is 0. The van der Waals surface area contributed by atoms with Crippen molar-refractivity contribution in [1.82, 2.24) is 0 Å². The molecule has 0 radical (unpaired) electrons. The minimum Gasteiger partial charge on any atom is -0.355 e. The maximum atomic E-state index is 8.86. The van der Waals surface area contributed by atoms with Crippen molar-refractivity contribution in [1.29, 1.82) is 5.26 Å². The van der Waals surface area contributed by atoms with E-state index in [0.29, 0.717) is 5.56 Å². The number of aryl methyl sites for hydroxylation is 1. The van der Waals surface area contributed by atoms with Gasteiger partial charge in [-0.3, -0.25) is 0 Å². The molecule has 2 rings (SSSR count). The van der Waals surface area contributed by atoms with Gasteiger partial charge in [-0.05, 0) is 58.2 Å². The van der Waals surface area contributed by atoms with E-state index in [4.69, 9.17) is 5.26 Å². The predicted molar refractivity (Wildman–Crippen MR) is 78.0 cm³/mol. The first kappa shape index (κ1) is 12.7. The molecule has 0 atom stereocenters. The van der Waals surface area contributed by atoms with Gasteiger partial charge in [0.1, 0.15) is 6.07 Å². The van der Waals surface area contributed by atoms with Gasteiger partial charge in [0.05, 0.1) is 5.56 Å². The van der Waals surface area contributed by atoms with E-state index in [0.717, 1.165) is 22.3 Å². The van der Waals surface area contributed by atoms with E-state index in [1.54, 1.807) is 6.07 Å². The summed E-state index contributed by atoms with van der Waals surface area (Å²) >= 11 is 3.38. The smallest absolute Gasteiger partial charge is 0.100 e. The molecule has 90 valence electrons. The molecule has 3 heteroatoms. The standard InChI is InChI=1S/C15H13BrN2/c1-2-11-3-6-13(7-4-11)18-14-8-5-12(10-17)15(16)9-14/h3-9,18H,2H2,1H3. The lowest BCUT2D eigenvalue weighted by molar-refractivity contribution is 1.14. The Hall–Kier alpha value is -1.79. The zero-order valence-electron chi connectivity index (χ0n) is 10.1. The Balaban J connectivity index is 2.18. The molecule has 18 heavy (non-hydrogen) atoms. The second kappa shape index (κ2) is 5.70. The van der Waals surface area contributed by atoms with Crippen molar-refractivity contribution < 1.29 is 0 Å². The van der Waals surface area contributed by atoms with Crippen molar-refractivity contribution in [3.63, 3.8) is 0 Å². The van der Waals surface area contributed by atoms with Crippen LogP contribution in [0.4, 0.5) is 11.4 Å². The molecule has 0 saturated carbocycles. The van der Waals surface area contributed by atoms with Gasteiger partial charge in [-0.15, -0.1) is 0 Å². The lowest BCUT2D eigenvalue weighted by Gasteiger charge is -2.08. The number of nitriles is 1. The van der Waals surface area contributed by atoms with Crippen LogP contribution in [-0.2, 0) is 6.42 Å². The van der Waals surface area contributed by atoms with Crippen LogP contribution in [0.15, 0.2) is 46.9 Å². The van der Waals surface area contributed by atoms with Crippen molar-refractivity contribution >= 4 is 27.3 Å². The highest BCUT2D eigenvalue weighted by atomic mass is 79.9.